The van der Waals surface area contributed by atoms with Crippen LogP contribution in [0.3, 0.4) is 0 Å². The lowest BCUT2D eigenvalue weighted by Crippen LogP contribution is -2.53. The summed E-state index contributed by atoms with van der Waals surface area (Å²) in [6.07, 6.45) is 1.71. The van der Waals surface area contributed by atoms with Crippen LogP contribution >= 0.6 is 0 Å². The van der Waals surface area contributed by atoms with Gasteiger partial charge in [-0.2, -0.15) is 13.2 Å². The Labute approximate surface area is 240 Å². The molecule has 0 spiro atoms. The number of carbonyl (C=O) groups is 1. The number of hydrogen-bond acceptors (Lipinski definition) is 8. The van der Waals surface area contributed by atoms with Crippen molar-refractivity contribution in [1.29, 1.82) is 0 Å². The van der Waals surface area contributed by atoms with Crippen molar-refractivity contribution in [1.82, 2.24) is 24.8 Å². The third-order valence-corrected chi connectivity index (χ3v) is 7.05. The maximum Gasteiger partial charge on any atom is 0.416 e. The fraction of sp³-hybridized carbons (Fsp3) is 0.276. The van der Waals surface area contributed by atoms with Crippen molar-refractivity contribution < 1.29 is 22.6 Å². The average Bonchev–Trinajstić information content (AvgIpc) is 2.96. The predicted octanol–water partition coefficient (Wildman–Crippen LogP) is 5.02. The van der Waals surface area contributed by atoms with E-state index >= 15 is 0 Å². The number of quaternary nitrogens is 1. The number of alkyl halides is 3. The highest BCUT2D eigenvalue weighted by molar-refractivity contribution is 6.04. The van der Waals surface area contributed by atoms with Crippen LogP contribution in [0.5, 0.6) is 0 Å². The predicted molar refractivity (Wildman–Crippen MR) is 151 cm³/mol. The minimum atomic E-state index is -4.66. The molecule has 0 radical (unpaired) electrons. The molecule has 0 bridgehead atoms. The molecule has 1 aliphatic heterocycles. The van der Waals surface area contributed by atoms with Crippen molar-refractivity contribution in [2.24, 2.45) is 0 Å². The quantitative estimate of drug-likeness (QED) is 0.232. The summed E-state index contributed by atoms with van der Waals surface area (Å²) < 4.78 is 41.6. The molecule has 0 atom stereocenters. The van der Waals surface area contributed by atoms with Crippen molar-refractivity contribution in [3.63, 3.8) is 0 Å². The molecule has 0 aliphatic carbocycles. The van der Waals surface area contributed by atoms with E-state index in [1.54, 1.807) is 50.8 Å². The highest BCUT2D eigenvalue weighted by Crippen LogP contribution is 2.34. The number of pyridine rings is 2. The monoisotopic (exact) mass is 578 g/mol. The number of nitrogens with zero attached hydrogens (tertiary/aromatic N) is 6. The summed E-state index contributed by atoms with van der Waals surface area (Å²) in [6, 6.07) is 10.6. The lowest BCUT2D eigenvalue weighted by molar-refractivity contribution is -0.865. The van der Waals surface area contributed by atoms with Gasteiger partial charge in [-0.25, -0.2) is 9.97 Å². The number of anilines is 3. The highest BCUT2D eigenvalue weighted by atomic mass is 19.4. The Morgan fingerprint density at radius 2 is 1.86 bits per heavy atom. The highest BCUT2D eigenvalue weighted by Gasteiger charge is 2.35. The Morgan fingerprint density at radius 3 is 2.57 bits per heavy atom. The van der Waals surface area contributed by atoms with Gasteiger partial charge in [-0.1, -0.05) is 6.07 Å². The molecule has 218 valence electrons. The van der Waals surface area contributed by atoms with E-state index in [4.69, 9.17) is 0 Å². The number of hydrogen-bond donors (Lipinski definition) is 2. The zero-order valence-corrected chi connectivity index (χ0v) is 23.0. The van der Waals surface area contributed by atoms with E-state index in [-0.39, 0.29) is 23.4 Å². The second-order valence-electron chi connectivity index (χ2n) is 10.3. The number of rotatable bonds is 7. The Hall–Kier alpha value is -4.46. The van der Waals surface area contributed by atoms with Crippen LogP contribution in [0.4, 0.5) is 30.5 Å². The second kappa shape index (κ2) is 11.8. The number of carbonyl (C=O) groups excluding carboxylic acids is 1. The SMILES string of the molecule is Cc1ncc(NC(=O)c2ccc(CN3CC[N+](C)([O-])CC3)c(C(F)(F)F)c2)cc1Nc1nccc(-c2cccnc2)n1. The smallest absolute Gasteiger partial charge is 0.416 e. The molecule has 42 heavy (non-hydrogen) atoms. The van der Waals surface area contributed by atoms with Crippen molar-refractivity contribution in [3.05, 3.63) is 94.8 Å². The maximum atomic E-state index is 14.0. The van der Waals surface area contributed by atoms with Crippen LogP contribution in [-0.4, -0.2) is 68.6 Å². The Kier molecular flexibility index (Phi) is 8.16. The lowest BCUT2D eigenvalue weighted by atomic mass is 10.0. The number of benzene rings is 1. The number of aromatic nitrogens is 4. The van der Waals surface area contributed by atoms with Crippen molar-refractivity contribution in [2.45, 2.75) is 19.6 Å². The minimum absolute atomic E-state index is 0.0394. The first-order valence-electron chi connectivity index (χ1n) is 13.2. The topological polar surface area (TPSA) is 119 Å². The number of amides is 1. The van der Waals surface area contributed by atoms with Gasteiger partial charge in [0.05, 0.1) is 54.7 Å². The molecule has 4 heterocycles. The fourth-order valence-electron chi connectivity index (χ4n) is 4.59. The van der Waals surface area contributed by atoms with Gasteiger partial charge in [-0.05, 0) is 48.9 Å². The van der Waals surface area contributed by atoms with Gasteiger partial charge < -0.3 is 20.5 Å². The molecule has 1 fully saturated rings. The summed E-state index contributed by atoms with van der Waals surface area (Å²) in [7, 11) is 1.56. The molecule has 0 saturated carbocycles. The molecule has 1 aromatic carbocycles. The van der Waals surface area contributed by atoms with E-state index < -0.39 is 22.3 Å². The molecule has 5 rings (SSSR count). The summed E-state index contributed by atoms with van der Waals surface area (Å²) in [6.45, 7) is 3.21. The molecular formula is C29H29F3N8O2. The van der Waals surface area contributed by atoms with Crippen LogP contribution in [0, 0.1) is 12.1 Å². The first kappa shape index (κ1) is 29.0. The molecular weight excluding hydrogens is 549 g/mol. The summed E-state index contributed by atoms with van der Waals surface area (Å²) in [5.41, 5.74) is 1.88. The molecule has 3 aromatic heterocycles. The van der Waals surface area contributed by atoms with Gasteiger partial charge in [0, 0.05) is 49.4 Å². The van der Waals surface area contributed by atoms with Crippen molar-refractivity contribution in [3.8, 4) is 11.3 Å². The van der Waals surface area contributed by atoms with Gasteiger partial charge in [0.1, 0.15) is 0 Å². The van der Waals surface area contributed by atoms with Gasteiger partial charge in [0.25, 0.3) is 5.91 Å². The Morgan fingerprint density at radius 1 is 1.07 bits per heavy atom. The molecule has 1 aliphatic rings. The molecule has 10 nitrogen and oxygen atoms in total. The average molecular weight is 579 g/mol. The zero-order valence-electron chi connectivity index (χ0n) is 23.0. The number of piperazine rings is 1. The van der Waals surface area contributed by atoms with Gasteiger partial charge in [0.15, 0.2) is 0 Å². The maximum absolute atomic E-state index is 14.0. The van der Waals surface area contributed by atoms with Gasteiger partial charge in [-0.15, -0.1) is 0 Å². The number of hydroxylamine groups is 3. The van der Waals surface area contributed by atoms with Gasteiger partial charge in [0.2, 0.25) is 5.95 Å². The standard InChI is InChI=1S/C29H29F3N8O2/c1-19-26(38-28-34-9-7-25(37-28)21-4-3-8-33-16-21)15-23(17-35-19)36-27(41)20-5-6-22(24(14-20)29(30,31)32)18-39-10-12-40(2,42)13-11-39/h3-9,14-17H,10-13,18H2,1-2H3,(H,36,41)(H,34,37,38). The summed E-state index contributed by atoms with van der Waals surface area (Å²) in [5.74, 6) is -0.418. The zero-order chi connectivity index (χ0) is 29.9. The molecule has 2 N–H and O–H groups in total. The first-order valence-corrected chi connectivity index (χ1v) is 13.2. The van der Waals surface area contributed by atoms with E-state index in [1.165, 1.54) is 18.3 Å². The van der Waals surface area contributed by atoms with E-state index in [9.17, 15) is 23.2 Å². The van der Waals surface area contributed by atoms with Crippen LogP contribution in [0.2, 0.25) is 0 Å². The van der Waals surface area contributed by atoms with E-state index in [1.807, 2.05) is 11.0 Å². The Bertz CT molecular complexity index is 1570. The van der Waals surface area contributed by atoms with Crippen LogP contribution in [-0.2, 0) is 12.7 Å². The number of nitrogens with one attached hydrogen (secondary N) is 2. The lowest BCUT2D eigenvalue weighted by Gasteiger charge is -2.45. The molecule has 4 aromatic rings. The second-order valence-corrected chi connectivity index (χ2v) is 10.3. The normalized spacial score (nSPS) is 15.3. The molecule has 13 heteroatoms. The third-order valence-electron chi connectivity index (χ3n) is 7.05. The van der Waals surface area contributed by atoms with Crippen LogP contribution in [0.25, 0.3) is 11.3 Å². The molecule has 0 unspecified atom stereocenters. The summed E-state index contributed by atoms with van der Waals surface area (Å²) >= 11 is 0. The molecule has 1 amide bonds. The largest absolute Gasteiger partial charge is 0.633 e. The number of halogens is 3. The number of likely N-dealkylation sites (N-methyl/N-ethyl adjacent to an activating group) is 1. The van der Waals surface area contributed by atoms with Crippen LogP contribution in [0.1, 0.15) is 27.2 Å². The summed E-state index contributed by atoms with van der Waals surface area (Å²) in [5, 5.41) is 17.8. The van der Waals surface area contributed by atoms with Crippen molar-refractivity contribution >= 4 is 23.2 Å². The van der Waals surface area contributed by atoms with Gasteiger partial charge >= 0.3 is 6.18 Å². The Balaban J connectivity index is 1.32. The molecule has 1 saturated heterocycles. The van der Waals surface area contributed by atoms with Crippen LogP contribution < -0.4 is 10.6 Å². The van der Waals surface area contributed by atoms with E-state index in [0.717, 1.165) is 11.6 Å². The third kappa shape index (κ3) is 7.05. The minimum Gasteiger partial charge on any atom is -0.633 e. The summed E-state index contributed by atoms with van der Waals surface area (Å²) in [4.78, 5) is 32.0. The van der Waals surface area contributed by atoms with E-state index in [0.29, 0.717) is 49.2 Å². The number of aryl methyl sites for hydroxylation is 1. The fourth-order valence-corrected chi connectivity index (χ4v) is 4.59. The van der Waals surface area contributed by atoms with Crippen molar-refractivity contribution in [2.75, 3.05) is 43.9 Å². The first-order chi connectivity index (χ1) is 20.0. The van der Waals surface area contributed by atoms with E-state index in [2.05, 4.69) is 30.6 Å². The van der Waals surface area contributed by atoms with Crippen LogP contribution in [0.15, 0.2) is 67.3 Å². The van der Waals surface area contributed by atoms with Gasteiger partial charge in [-0.3, -0.25) is 19.7 Å².